The quantitative estimate of drug-likeness (QED) is 0.642. The second-order valence-electron chi connectivity index (χ2n) is 4.85. The Kier molecular flexibility index (Phi) is 5.24. The molecule has 0 atom stereocenters. The lowest BCUT2D eigenvalue weighted by Crippen LogP contribution is -2.56. The number of carbonyl (C=O) groups is 3. The van der Waals surface area contributed by atoms with Gasteiger partial charge in [0.05, 0.1) is 37.6 Å². The van der Waals surface area contributed by atoms with E-state index in [1.54, 1.807) is 6.92 Å². The summed E-state index contributed by atoms with van der Waals surface area (Å²) < 4.78 is 9.34. The Balaban J connectivity index is 2.49. The zero-order chi connectivity index (χ0) is 18.6. The van der Waals surface area contributed by atoms with E-state index in [0.29, 0.717) is 16.3 Å². The Hall–Kier alpha value is -3.54. The molecule has 1 N–H and O–H groups in total. The van der Waals surface area contributed by atoms with E-state index < -0.39 is 29.3 Å². The summed E-state index contributed by atoms with van der Waals surface area (Å²) in [5, 5.41) is 20.7. The summed E-state index contributed by atoms with van der Waals surface area (Å²) in [5.41, 5.74) is 0.0908. The number of aliphatic hydroxyl groups is 1. The van der Waals surface area contributed by atoms with Crippen molar-refractivity contribution in [1.29, 1.82) is 5.26 Å². The summed E-state index contributed by atoms with van der Waals surface area (Å²) in [7, 11) is 1.08. The summed E-state index contributed by atoms with van der Waals surface area (Å²) in [5.74, 6) is -2.63. The van der Waals surface area contributed by atoms with Crippen molar-refractivity contribution in [2.45, 2.75) is 6.92 Å². The number of nitrogens with zero attached hydrogens (tertiary/aromatic N) is 3. The minimum absolute atomic E-state index is 0.000450. The monoisotopic (exact) mass is 345 g/mol. The van der Waals surface area contributed by atoms with Gasteiger partial charge in [0.2, 0.25) is 0 Å². The van der Waals surface area contributed by atoms with Gasteiger partial charge in [0.1, 0.15) is 5.76 Å². The number of esters is 1. The number of rotatable bonds is 3. The highest BCUT2D eigenvalue weighted by atomic mass is 16.6. The third kappa shape index (κ3) is 3.37. The van der Waals surface area contributed by atoms with E-state index in [2.05, 4.69) is 4.74 Å². The molecule has 1 heterocycles. The highest BCUT2D eigenvalue weighted by Crippen LogP contribution is 2.26. The van der Waals surface area contributed by atoms with Gasteiger partial charge in [-0.1, -0.05) is 0 Å². The van der Waals surface area contributed by atoms with Gasteiger partial charge < -0.3 is 14.6 Å². The molecule has 0 aliphatic carbocycles. The second-order valence-corrected chi connectivity index (χ2v) is 4.85. The van der Waals surface area contributed by atoms with Crippen molar-refractivity contribution < 1.29 is 29.0 Å². The largest absolute Gasteiger partial charge is 0.509 e. The van der Waals surface area contributed by atoms with Crippen LogP contribution >= 0.6 is 0 Å². The van der Waals surface area contributed by atoms with Crippen LogP contribution in [-0.2, 0) is 19.1 Å². The molecule has 9 nitrogen and oxygen atoms in total. The fraction of sp³-hybridized carbons (Fsp3) is 0.250. The van der Waals surface area contributed by atoms with Gasteiger partial charge in [-0.3, -0.25) is 9.80 Å². The topological polar surface area (TPSA) is 120 Å². The fourth-order valence-electron chi connectivity index (χ4n) is 2.22. The van der Waals surface area contributed by atoms with Crippen LogP contribution in [-0.4, -0.2) is 48.3 Å². The number of hydrogen-bond donors (Lipinski definition) is 1. The van der Waals surface area contributed by atoms with Crippen LogP contribution in [0.25, 0.3) is 0 Å². The van der Waals surface area contributed by atoms with Crippen LogP contribution in [0.1, 0.15) is 12.5 Å². The molecular weight excluding hydrogens is 330 g/mol. The highest BCUT2D eigenvalue weighted by molar-refractivity contribution is 6.21. The van der Waals surface area contributed by atoms with Crippen molar-refractivity contribution in [3.05, 3.63) is 41.2 Å². The Morgan fingerprint density at radius 1 is 1.32 bits per heavy atom. The first-order valence-corrected chi connectivity index (χ1v) is 7.23. The number of imide groups is 1. The molecule has 130 valence electrons. The van der Waals surface area contributed by atoms with Crippen LogP contribution in [0.15, 0.2) is 35.6 Å². The van der Waals surface area contributed by atoms with E-state index in [-0.39, 0.29) is 13.2 Å². The van der Waals surface area contributed by atoms with Gasteiger partial charge in [-0.05, 0) is 31.2 Å². The summed E-state index contributed by atoms with van der Waals surface area (Å²) in [6.07, 6.45) is -1.04. The van der Waals surface area contributed by atoms with Gasteiger partial charge in [0.25, 0.3) is 5.91 Å². The molecule has 0 saturated heterocycles. The SMILES string of the molecule is CCOC(=O)C1=C(O)CN(c2ccc(C#N)cc2)N(C(=O)OC)C1=O. The average Bonchev–Trinajstić information content (AvgIpc) is 2.61. The number of ether oxygens (including phenoxy) is 2. The number of anilines is 1. The molecule has 9 heteroatoms. The smallest absolute Gasteiger partial charge is 0.436 e. The van der Waals surface area contributed by atoms with Crippen molar-refractivity contribution in [2.75, 3.05) is 25.3 Å². The van der Waals surface area contributed by atoms with E-state index in [9.17, 15) is 19.5 Å². The molecule has 0 fully saturated rings. The van der Waals surface area contributed by atoms with Crippen LogP contribution < -0.4 is 5.01 Å². The summed E-state index contributed by atoms with van der Waals surface area (Å²) in [6.45, 7) is 1.21. The van der Waals surface area contributed by atoms with E-state index in [1.165, 1.54) is 24.3 Å². The minimum Gasteiger partial charge on any atom is -0.509 e. The van der Waals surface area contributed by atoms with Crippen LogP contribution in [0.4, 0.5) is 10.5 Å². The minimum atomic E-state index is -1.07. The Bertz CT molecular complexity index is 778. The second kappa shape index (κ2) is 7.35. The summed E-state index contributed by atoms with van der Waals surface area (Å²) in [6, 6.07) is 7.89. The molecular formula is C16H15N3O6. The van der Waals surface area contributed by atoms with Gasteiger partial charge >= 0.3 is 12.1 Å². The Morgan fingerprint density at radius 2 is 1.96 bits per heavy atom. The molecule has 2 amide bonds. The predicted octanol–water partition coefficient (Wildman–Crippen LogP) is 1.26. The van der Waals surface area contributed by atoms with Crippen molar-refractivity contribution >= 4 is 23.7 Å². The number of hydrazine groups is 1. The lowest BCUT2D eigenvalue weighted by atomic mass is 10.1. The molecule has 1 aliphatic heterocycles. The maximum Gasteiger partial charge on any atom is 0.436 e. The number of hydrogen-bond acceptors (Lipinski definition) is 8. The van der Waals surface area contributed by atoms with Crippen LogP contribution in [0.3, 0.4) is 0 Å². The zero-order valence-electron chi connectivity index (χ0n) is 13.6. The number of amides is 2. The van der Waals surface area contributed by atoms with Gasteiger partial charge in [0.15, 0.2) is 5.57 Å². The molecule has 1 aromatic carbocycles. The maximum atomic E-state index is 12.6. The highest BCUT2D eigenvalue weighted by Gasteiger charge is 2.42. The molecule has 1 aromatic rings. The predicted molar refractivity (Wildman–Crippen MR) is 84.0 cm³/mol. The number of nitriles is 1. The average molecular weight is 345 g/mol. The molecule has 1 aliphatic rings. The first-order chi connectivity index (χ1) is 11.9. The first kappa shape index (κ1) is 17.8. The maximum absolute atomic E-state index is 12.6. The molecule has 0 saturated carbocycles. The number of methoxy groups -OCH3 is 1. The van der Waals surface area contributed by atoms with Crippen molar-refractivity contribution in [3.63, 3.8) is 0 Å². The van der Waals surface area contributed by atoms with Gasteiger partial charge in [-0.2, -0.15) is 5.26 Å². The Morgan fingerprint density at radius 3 is 2.48 bits per heavy atom. The van der Waals surface area contributed by atoms with Gasteiger partial charge in [-0.25, -0.2) is 9.59 Å². The third-order valence-corrected chi connectivity index (χ3v) is 3.36. The summed E-state index contributed by atoms with van der Waals surface area (Å²) >= 11 is 0. The van der Waals surface area contributed by atoms with Crippen molar-refractivity contribution in [1.82, 2.24) is 5.01 Å². The Labute approximate surface area is 143 Å². The normalized spacial score (nSPS) is 14.2. The van der Waals surface area contributed by atoms with Crippen molar-refractivity contribution in [3.8, 4) is 6.07 Å². The first-order valence-electron chi connectivity index (χ1n) is 7.23. The van der Waals surface area contributed by atoms with Crippen LogP contribution in [0.2, 0.25) is 0 Å². The van der Waals surface area contributed by atoms with E-state index >= 15 is 0 Å². The van der Waals surface area contributed by atoms with Crippen molar-refractivity contribution in [2.24, 2.45) is 0 Å². The van der Waals surface area contributed by atoms with Gasteiger partial charge in [0, 0.05) is 0 Å². The van der Waals surface area contributed by atoms with Crippen LogP contribution in [0, 0.1) is 11.3 Å². The van der Waals surface area contributed by atoms with Gasteiger partial charge in [-0.15, -0.1) is 5.01 Å². The molecule has 25 heavy (non-hydrogen) atoms. The molecule has 0 spiro atoms. The molecule has 0 unspecified atom stereocenters. The number of aliphatic hydroxyl groups excluding tert-OH is 1. The van der Waals surface area contributed by atoms with E-state index in [0.717, 1.165) is 12.1 Å². The molecule has 0 bridgehead atoms. The van der Waals surface area contributed by atoms with Crippen LogP contribution in [0.5, 0.6) is 0 Å². The van der Waals surface area contributed by atoms with E-state index in [4.69, 9.17) is 10.00 Å². The fourth-order valence-corrected chi connectivity index (χ4v) is 2.22. The number of carbonyl (C=O) groups excluding carboxylic acids is 3. The van der Waals surface area contributed by atoms with E-state index in [1.807, 2.05) is 6.07 Å². The molecule has 0 radical (unpaired) electrons. The standard InChI is InChI=1S/C16H15N3O6/c1-3-25-15(22)13-12(20)9-18(19(14(13)21)16(23)24-2)11-6-4-10(8-17)5-7-11/h4-7,20H,3,9H2,1-2H3. The zero-order valence-corrected chi connectivity index (χ0v) is 13.6. The third-order valence-electron chi connectivity index (χ3n) is 3.36. The lowest BCUT2D eigenvalue weighted by molar-refractivity contribution is -0.142. The molecule has 0 aromatic heterocycles. The summed E-state index contributed by atoms with van der Waals surface area (Å²) in [4.78, 5) is 36.5. The number of benzene rings is 1. The lowest BCUT2D eigenvalue weighted by Gasteiger charge is -2.36. The molecule has 2 rings (SSSR count).